The Labute approximate surface area is 214 Å². The molecule has 5 rings (SSSR count). The Morgan fingerprint density at radius 1 is 1.08 bits per heavy atom. The number of aromatic amines is 1. The lowest BCUT2D eigenvalue weighted by Crippen LogP contribution is -2.38. The summed E-state index contributed by atoms with van der Waals surface area (Å²) in [6, 6.07) is 21.1. The topological polar surface area (TPSA) is 81.2 Å². The van der Waals surface area contributed by atoms with E-state index in [0.717, 1.165) is 31.5 Å². The lowest BCUT2D eigenvalue weighted by Gasteiger charge is -2.30. The molecule has 190 valence electrons. The van der Waals surface area contributed by atoms with Gasteiger partial charge in [0.2, 0.25) is 0 Å². The van der Waals surface area contributed by atoms with Crippen LogP contribution in [-0.2, 0) is 4.74 Å². The Morgan fingerprint density at radius 2 is 1.78 bits per heavy atom. The zero-order valence-corrected chi connectivity index (χ0v) is 20.8. The second kappa shape index (κ2) is 10.4. The van der Waals surface area contributed by atoms with Crippen molar-refractivity contribution in [3.8, 4) is 5.88 Å². The van der Waals surface area contributed by atoms with Crippen molar-refractivity contribution < 1.29 is 19.0 Å². The highest BCUT2D eigenvalue weighted by Crippen LogP contribution is 2.32. The third kappa shape index (κ3) is 5.34. The zero-order chi connectivity index (χ0) is 25.9. The van der Waals surface area contributed by atoms with E-state index in [1.165, 1.54) is 17.0 Å². The normalized spacial score (nSPS) is 15.2. The molecule has 4 aromatic rings. The number of nitrogens with zero attached hydrogens (tertiary/aromatic N) is 3. The van der Waals surface area contributed by atoms with E-state index >= 15 is 0 Å². The molecule has 1 aromatic heterocycles. The van der Waals surface area contributed by atoms with Crippen molar-refractivity contribution in [2.45, 2.75) is 18.9 Å². The molecule has 37 heavy (non-hydrogen) atoms. The number of carbonyl (C=O) groups is 1. The second-order valence-corrected chi connectivity index (χ2v) is 9.33. The number of rotatable bonds is 5. The van der Waals surface area contributed by atoms with Gasteiger partial charge in [0.25, 0.3) is 0 Å². The maximum atomic E-state index is 13.8. The summed E-state index contributed by atoms with van der Waals surface area (Å²) in [5.74, 6) is -0.483. The van der Waals surface area contributed by atoms with Crippen molar-refractivity contribution in [2.75, 3.05) is 32.1 Å². The number of aromatic hydroxyl groups is 1. The summed E-state index contributed by atoms with van der Waals surface area (Å²) < 4.78 is 19.5. The van der Waals surface area contributed by atoms with Gasteiger partial charge in [0.15, 0.2) is 5.88 Å². The highest BCUT2D eigenvalue weighted by atomic mass is 19.1. The molecule has 1 amide bonds. The molecule has 1 fully saturated rings. The minimum atomic E-state index is -0.396. The van der Waals surface area contributed by atoms with Gasteiger partial charge in [0.05, 0.1) is 22.5 Å². The molecule has 8 heteroatoms. The Bertz CT molecular complexity index is 1430. The van der Waals surface area contributed by atoms with Gasteiger partial charge in [-0.1, -0.05) is 30.3 Å². The zero-order valence-electron chi connectivity index (χ0n) is 20.8. The molecule has 1 saturated heterocycles. The first kappa shape index (κ1) is 24.5. The summed E-state index contributed by atoms with van der Waals surface area (Å²) >= 11 is 0. The molecule has 0 aliphatic carbocycles. The number of benzene rings is 3. The van der Waals surface area contributed by atoms with Gasteiger partial charge >= 0.3 is 6.09 Å². The van der Waals surface area contributed by atoms with Gasteiger partial charge in [0.1, 0.15) is 11.9 Å². The van der Waals surface area contributed by atoms with Crippen LogP contribution in [-0.4, -0.2) is 60.1 Å². The van der Waals surface area contributed by atoms with E-state index in [1.54, 1.807) is 13.1 Å². The standard InChI is InChI=1S/C29H29FN4O3/c1-33-16-14-23(15-17-33)37-29(36)34(2)22-11-9-21(10-12-22)31-27(19-6-4-3-5-7-19)26-24-13-8-20(30)18-25(24)32-28(26)35/h3-13,18,23,32,35H,14-17H2,1-2H3. The van der Waals surface area contributed by atoms with Crippen LogP contribution >= 0.6 is 0 Å². The van der Waals surface area contributed by atoms with Gasteiger partial charge in [0, 0.05) is 36.8 Å². The fraction of sp³-hybridized carbons (Fsp3) is 0.241. The number of anilines is 1. The minimum absolute atomic E-state index is 0.0687. The first-order chi connectivity index (χ1) is 17.9. The van der Waals surface area contributed by atoms with Crippen LogP contribution in [0, 0.1) is 5.82 Å². The maximum absolute atomic E-state index is 13.8. The van der Waals surface area contributed by atoms with E-state index in [1.807, 2.05) is 54.6 Å². The van der Waals surface area contributed by atoms with Crippen molar-refractivity contribution in [1.82, 2.24) is 9.88 Å². The predicted molar refractivity (Wildman–Crippen MR) is 144 cm³/mol. The van der Waals surface area contributed by atoms with E-state index in [-0.39, 0.29) is 18.1 Å². The van der Waals surface area contributed by atoms with E-state index in [0.29, 0.717) is 33.6 Å². The smallest absolute Gasteiger partial charge is 0.414 e. The average molecular weight is 501 g/mol. The number of fused-ring (bicyclic) bond motifs is 1. The number of carbonyl (C=O) groups excluding carboxylic acids is 1. The van der Waals surface area contributed by atoms with E-state index in [4.69, 9.17) is 9.73 Å². The summed E-state index contributed by atoms with van der Waals surface area (Å²) in [4.78, 5) is 24.1. The fourth-order valence-corrected chi connectivity index (χ4v) is 4.57. The van der Waals surface area contributed by atoms with E-state index in [2.05, 4.69) is 16.9 Å². The first-order valence-corrected chi connectivity index (χ1v) is 12.3. The monoisotopic (exact) mass is 500 g/mol. The molecule has 3 aromatic carbocycles. The summed E-state index contributed by atoms with van der Waals surface area (Å²) in [6.45, 7) is 1.83. The summed E-state index contributed by atoms with van der Waals surface area (Å²) in [6.07, 6.45) is 1.21. The molecule has 2 heterocycles. The number of hydrogen-bond acceptors (Lipinski definition) is 5. The minimum Gasteiger partial charge on any atom is -0.494 e. The highest BCUT2D eigenvalue weighted by molar-refractivity contribution is 6.21. The van der Waals surface area contributed by atoms with Crippen molar-refractivity contribution in [2.24, 2.45) is 4.99 Å². The van der Waals surface area contributed by atoms with Crippen LogP contribution in [0.3, 0.4) is 0 Å². The highest BCUT2D eigenvalue weighted by Gasteiger charge is 2.23. The number of nitrogens with one attached hydrogen (secondary N) is 1. The van der Waals surface area contributed by atoms with Crippen LogP contribution in [0.1, 0.15) is 24.0 Å². The van der Waals surface area contributed by atoms with Crippen LogP contribution in [0.15, 0.2) is 77.8 Å². The summed E-state index contributed by atoms with van der Waals surface area (Å²) in [5, 5.41) is 11.4. The van der Waals surface area contributed by atoms with Gasteiger partial charge in [-0.15, -0.1) is 0 Å². The number of aliphatic imine (C=N–C) groups is 1. The van der Waals surface area contributed by atoms with Gasteiger partial charge in [-0.05, 0) is 62.4 Å². The Hall–Kier alpha value is -4.17. The van der Waals surface area contributed by atoms with E-state index in [9.17, 15) is 14.3 Å². The van der Waals surface area contributed by atoms with Crippen molar-refractivity contribution in [3.63, 3.8) is 0 Å². The fourth-order valence-electron chi connectivity index (χ4n) is 4.57. The van der Waals surface area contributed by atoms with Crippen molar-refractivity contribution >= 4 is 34.1 Å². The molecule has 7 nitrogen and oxygen atoms in total. The van der Waals surface area contributed by atoms with Crippen LogP contribution < -0.4 is 4.90 Å². The predicted octanol–water partition coefficient (Wildman–Crippen LogP) is 5.85. The second-order valence-electron chi connectivity index (χ2n) is 9.33. The molecular weight excluding hydrogens is 471 g/mol. The van der Waals surface area contributed by atoms with Crippen LogP contribution in [0.25, 0.3) is 10.9 Å². The molecule has 0 unspecified atom stereocenters. The number of hydrogen-bond donors (Lipinski definition) is 2. The Balaban J connectivity index is 1.43. The molecule has 0 spiro atoms. The molecule has 0 bridgehead atoms. The number of likely N-dealkylation sites (tertiary alicyclic amines) is 1. The molecular formula is C29H29FN4O3. The number of amides is 1. The lowest BCUT2D eigenvalue weighted by atomic mass is 10.0. The number of aromatic nitrogens is 1. The third-order valence-corrected chi connectivity index (χ3v) is 6.71. The Morgan fingerprint density at radius 3 is 2.49 bits per heavy atom. The lowest BCUT2D eigenvalue weighted by molar-refractivity contribution is 0.0624. The largest absolute Gasteiger partial charge is 0.494 e. The number of ether oxygens (including phenoxy) is 1. The summed E-state index contributed by atoms with van der Waals surface area (Å²) in [5.41, 5.74) is 3.63. The van der Waals surface area contributed by atoms with Gasteiger partial charge in [-0.3, -0.25) is 4.90 Å². The molecule has 2 N–H and O–H groups in total. The first-order valence-electron chi connectivity index (χ1n) is 12.3. The number of H-pyrrole nitrogens is 1. The van der Waals surface area contributed by atoms with Gasteiger partial charge < -0.3 is 19.7 Å². The van der Waals surface area contributed by atoms with Gasteiger partial charge in [-0.25, -0.2) is 14.2 Å². The summed E-state index contributed by atoms with van der Waals surface area (Å²) in [7, 11) is 3.76. The Kier molecular flexibility index (Phi) is 6.92. The van der Waals surface area contributed by atoms with Crippen LogP contribution in [0.2, 0.25) is 0 Å². The average Bonchev–Trinajstić information content (AvgIpc) is 3.23. The maximum Gasteiger partial charge on any atom is 0.414 e. The molecule has 0 atom stereocenters. The van der Waals surface area contributed by atoms with Crippen molar-refractivity contribution in [1.29, 1.82) is 0 Å². The van der Waals surface area contributed by atoms with Crippen LogP contribution in [0.5, 0.6) is 5.88 Å². The molecule has 0 saturated carbocycles. The van der Waals surface area contributed by atoms with Crippen molar-refractivity contribution in [3.05, 3.63) is 89.7 Å². The SMILES string of the molecule is CN1CCC(OC(=O)N(C)c2ccc(N=C(c3ccccc3)c3c(O)[nH]c4cc(F)ccc34)cc2)CC1. The molecule has 0 radical (unpaired) electrons. The molecule has 1 aliphatic heterocycles. The third-order valence-electron chi connectivity index (χ3n) is 6.71. The number of piperidine rings is 1. The van der Waals surface area contributed by atoms with Crippen LogP contribution in [0.4, 0.5) is 20.6 Å². The molecule has 1 aliphatic rings. The number of halogens is 1. The quantitative estimate of drug-likeness (QED) is 0.337. The van der Waals surface area contributed by atoms with Gasteiger partial charge in [-0.2, -0.15) is 0 Å². The van der Waals surface area contributed by atoms with E-state index < -0.39 is 5.82 Å².